The van der Waals surface area contributed by atoms with Crippen LogP contribution in [0.3, 0.4) is 0 Å². The van der Waals surface area contributed by atoms with Gasteiger partial charge in [0.1, 0.15) is 36.6 Å². The van der Waals surface area contributed by atoms with Crippen molar-refractivity contribution in [2.45, 2.75) is 117 Å². The number of methoxy groups -OCH3 is 1. The molecular formula is C48H79N11O14. The van der Waals surface area contributed by atoms with Crippen LogP contribution in [0.2, 0.25) is 0 Å². The Morgan fingerprint density at radius 3 is 1.56 bits per heavy atom. The van der Waals surface area contributed by atoms with E-state index < -0.39 is 28.9 Å². The van der Waals surface area contributed by atoms with Crippen molar-refractivity contribution in [1.29, 1.82) is 0 Å². The Labute approximate surface area is 428 Å². The smallest absolute Gasteiger partial charge is 0.313 e. The van der Waals surface area contributed by atoms with Crippen molar-refractivity contribution in [2.75, 3.05) is 87.3 Å². The zero-order valence-corrected chi connectivity index (χ0v) is 44.7. The number of aromatic amines is 1. The van der Waals surface area contributed by atoms with E-state index in [1.165, 1.54) is 25.3 Å². The van der Waals surface area contributed by atoms with Crippen molar-refractivity contribution in [2.24, 2.45) is 28.7 Å². The average Bonchev–Trinajstić information content (AvgIpc) is 4.06. The maximum atomic E-state index is 11.6. The van der Waals surface area contributed by atoms with Gasteiger partial charge in [-0.1, -0.05) is 30.3 Å². The second-order valence-corrected chi connectivity index (χ2v) is 20.0. The van der Waals surface area contributed by atoms with E-state index in [1.54, 1.807) is 11.2 Å². The molecule has 1 aromatic carbocycles. The molecular weight excluding hydrogens is 955 g/mol. The summed E-state index contributed by atoms with van der Waals surface area (Å²) in [5.41, 5.74) is 5.73. The lowest BCUT2D eigenvalue weighted by Crippen LogP contribution is -2.47. The van der Waals surface area contributed by atoms with Crippen LogP contribution in [0.4, 0.5) is 0 Å². The zero-order chi connectivity index (χ0) is 53.9. The number of hydrogen-bond donors (Lipinski definition) is 4. The molecule has 5 aliphatic rings. The maximum absolute atomic E-state index is 11.6. The maximum Gasteiger partial charge on any atom is 0.313 e. The molecule has 5 fully saturated rings. The summed E-state index contributed by atoms with van der Waals surface area (Å²) in [5.74, 6) is 2.76. The third kappa shape index (κ3) is 21.7. The van der Waals surface area contributed by atoms with E-state index in [9.17, 15) is 14.4 Å². The van der Waals surface area contributed by atoms with Crippen LogP contribution >= 0.6 is 0 Å². The lowest BCUT2D eigenvalue weighted by atomic mass is 10.1. The van der Waals surface area contributed by atoms with E-state index >= 15 is 0 Å². The fourth-order valence-corrected chi connectivity index (χ4v) is 6.68. The van der Waals surface area contributed by atoms with Crippen LogP contribution in [0, 0.1) is 17.8 Å². The molecule has 73 heavy (non-hydrogen) atoms. The fraction of sp³-hybridized carbons (Fsp3) is 0.708. The highest BCUT2D eigenvalue weighted by atomic mass is 16.7. The summed E-state index contributed by atoms with van der Waals surface area (Å²) in [6.45, 7) is 24.0. The summed E-state index contributed by atoms with van der Waals surface area (Å²) >= 11 is 0. The van der Waals surface area contributed by atoms with Gasteiger partial charge in [0.05, 0.1) is 103 Å². The lowest BCUT2D eigenvalue weighted by Gasteiger charge is -2.34. The van der Waals surface area contributed by atoms with E-state index in [-0.39, 0.29) is 47.4 Å². The van der Waals surface area contributed by atoms with Gasteiger partial charge in [-0.2, -0.15) is 10.2 Å². The molecule has 5 N–H and O–H groups in total. The largest absolute Gasteiger partial charge is 0.469 e. The summed E-state index contributed by atoms with van der Waals surface area (Å²) in [6.07, 6.45) is 4.78. The summed E-state index contributed by atoms with van der Waals surface area (Å²) in [4.78, 5) is 39.4. The number of nitrogens with zero attached hydrogens (tertiary/aromatic N) is 7. The number of carbonyl (C=O) groups excluding carboxylic acids is 3. The third-order valence-electron chi connectivity index (χ3n) is 11.2. The highest BCUT2D eigenvalue weighted by Gasteiger charge is 2.35. The number of benzene rings is 1. The van der Waals surface area contributed by atoms with Crippen LogP contribution in [-0.4, -0.2) is 175 Å². The number of amides is 2. The molecule has 0 unspecified atom stereocenters. The van der Waals surface area contributed by atoms with Crippen LogP contribution < -0.4 is 16.7 Å². The lowest BCUT2D eigenvalue weighted by molar-refractivity contribution is -0.262. The Morgan fingerprint density at radius 1 is 0.699 bits per heavy atom. The first-order valence-electron chi connectivity index (χ1n) is 24.1. The first kappa shape index (κ1) is 60.5. The number of hydrazone groups is 1. The number of hydrazine groups is 1. The minimum Gasteiger partial charge on any atom is -0.469 e. The Hall–Kier alpha value is -5.06. The number of aromatic nitrogens is 6. The summed E-state index contributed by atoms with van der Waals surface area (Å²) in [7, 11) is 5.01. The van der Waals surface area contributed by atoms with Gasteiger partial charge in [-0.15, -0.1) is 10.2 Å². The van der Waals surface area contributed by atoms with E-state index in [0.29, 0.717) is 66.1 Å². The second-order valence-electron chi connectivity index (χ2n) is 20.0. The van der Waals surface area contributed by atoms with Gasteiger partial charge in [0, 0.05) is 14.1 Å². The second kappa shape index (κ2) is 28.0. The van der Waals surface area contributed by atoms with Crippen LogP contribution in [0.5, 0.6) is 0 Å². The number of carbonyl (C=O) groups is 3. The standard InChI is InChI=1S/C15H19N3O2.C10H19N3O3.C8H13N3O2.C8H14O4.C7H14N2O3/c1-15(2)19-9-13(10-20-15)14-17-16-11-18(14)8-12-6-4-3-5-7-12;1-10(2)15-5-8(6-16-10)9(14)12-11-7-13(3)4;1-8(2)12-3-6(4-13-8)7-9-5-10-11-7;1-8(2)11-4-6(5-12-8)7(9)10-3;1-7(2)11-3-5(4-12-7)6(10)9-8/h3-7,11,13H,8-10H2,1-2H3;7-8H,5-6H2,1-4H3,(H,12,14);5-6H,3-4H2,1-2H3,(H,9,10,11);6H,4-5H2,1-3H3;5H,3-4,8H2,1-2H3,(H,9,10)/b;11-7+;;;. The van der Waals surface area contributed by atoms with Crippen molar-refractivity contribution < 1.29 is 66.5 Å². The predicted molar refractivity (Wildman–Crippen MR) is 262 cm³/mol. The summed E-state index contributed by atoms with van der Waals surface area (Å²) in [5, 5.41) is 18.6. The molecule has 0 bridgehead atoms. The number of hydrogen-bond acceptors (Lipinski definition) is 20. The van der Waals surface area contributed by atoms with Gasteiger partial charge in [0.25, 0.3) is 0 Å². The highest BCUT2D eigenvalue weighted by Crippen LogP contribution is 2.28. The predicted octanol–water partition coefficient (Wildman–Crippen LogP) is 2.80. The molecule has 25 heteroatoms. The molecule has 5 aliphatic heterocycles. The molecule has 7 heterocycles. The Balaban J connectivity index is 0.000000201. The molecule has 25 nitrogen and oxygen atoms in total. The van der Waals surface area contributed by atoms with E-state index in [2.05, 4.69) is 62.8 Å². The number of ether oxygens (including phenoxy) is 11. The average molecular weight is 1030 g/mol. The Bertz CT molecular complexity index is 2050. The molecule has 0 spiro atoms. The van der Waals surface area contributed by atoms with Crippen molar-refractivity contribution in [3.8, 4) is 0 Å². The number of nitrogens with two attached hydrogens (primary N) is 1. The molecule has 410 valence electrons. The first-order chi connectivity index (χ1) is 34.3. The number of esters is 1. The molecule has 0 aliphatic carbocycles. The van der Waals surface area contributed by atoms with E-state index in [0.717, 1.165) is 18.2 Å². The molecule has 0 saturated carbocycles. The van der Waals surface area contributed by atoms with Crippen molar-refractivity contribution >= 4 is 24.1 Å². The molecule has 2 amide bonds. The van der Waals surface area contributed by atoms with Crippen molar-refractivity contribution in [3.63, 3.8) is 0 Å². The minimum absolute atomic E-state index is 0.134. The summed E-state index contributed by atoms with van der Waals surface area (Å²) in [6, 6.07) is 10.3. The molecule has 3 aromatic rings. The Kier molecular flexibility index (Phi) is 23.2. The fourth-order valence-electron chi connectivity index (χ4n) is 6.68. The van der Waals surface area contributed by atoms with Gasteiger partial charge < -0.3 is 61.6 Å². The third-order valence-corrected chi connectivity index (χ3v) is 11.2. The van der Waals surface area contributed by atoms with Gasteiger partial charge in [-0.3, -0.25) is 24.9 Å². The van der Waals surface area contributed by atoms with Gasteiger partial charge in [-0.25, -0.2) is 16.3 Å². The molecule has 0 radical (unpaired) electrons. The number of rotatable bonds is 9. The van der Waals surface area contributed by atoms with Gasteiger partial charge in [-0.05, 0) is 74.8 Å². The molecule has 0 atom stereocenters. The highest BCUT2D eigenvalue weighted by molar-refractivity contribution is 5.79. The van der Waals surface area contributed by atoms with Crippen molar-refractivity contribution in [1.82, 2.24) is 45.7 Å². The number of nitrogens with one attached hydrogen (secondary N) is 3. The van der Waals surface area contributed by atoms with Gasteiger partial charge in [0.15, 0.2) is 28.9 Å². The molecule has 8 rings (SSSR count). The van der Waals surface area contributed by atoms with E-state index in [4.69, 9.17) is 53.2 Å². The number of H-pyrrole nitrogens is 1. The quantitative estimate of drug-likeness (QED) is 0.0598. The van der Waals surface area contributed by atoms with Crippen molar-refractivity contribution in [3.05, 3.63) is 60.2 Å². The topological polar surface area (TPSA) is 291 Å². The first-order valence-corrected chi connectivity index (χ1v) is 24.1. The van der Waals surface area contributed by atoms with E-state index in [1.807, 2.05) is 102 Å². The van der Waals surface area contributed by atoms with Crippen LogP contribution in [0.25, 0.3) is 0 Å². The molecule has 2 aromatic heterocycles. The zero-order valence-electron chi connectivity index (χ0n) is 44.7. The minimum atomic E-state index is -0.594. The van der Waals surface area contributed by atoms with Gasteiger partial charge >= 0.3 is 5.97 Å². The van der Waals surface area contributed by atoms with Crippen LogP contribution in [-0.2, 0) is 73.0 Å². The van der Waals surface area contributed by atoms with Gasteiger partial charge in [0.2, 0.25) is 11.8 Å². The Morgan fingerprint density at radius 2 is 1.14 bits per heavy atom. The SMILES string of the molecule is CC1(C)OCC(C(=O)NN)CO1.CC1(C)OCC(c2ncn[nH]2)CO1.CC1(C)OCC(c2nncn2Cc2ccccc2)CO1.CN(C)/C=N/NC(=O)C1COC(C)(C)OC1.COC(=O)C1COC(C)(C)OC1. The van der Waals surface area contributed by atoms with Crippen LogP contribution in [0.15, 0.2) is 48.1 Å². The summed E-state index contributed by atoms with van der Waals surface area (Å²) < 4.78 is 60.9. The monoisotopic (exact) mass is 1030 g/mol. The normalized spacial score (nSPS) is 21.7. The molecule has 5 saturated heterocycles. The van der Waals surface area contributed by atoms with Crippen LogP contribution in [0.1, 0.15) is 98.3 Å².